The predicted octanol–water partition coefficient (Wildman–Crippen LogP) is 1.67. The van der Waals surface area contributed by atoms with E-state index in [1.54, 1.807) is 44.8 Å². The fraction of sp³-hybridized carbons (Fsp3) is 0.667. The van der Waals surface area contributed by atoms with E-state index in [0.29, 0.717) is 19.4 Å². The van der Waals surface area contributed by atoms with Crippen molar-refractivity contribution in [2.24, 2.45) is 12.5 Å². The molecular formula is C15H23N3O4. The van der Waals surface area contributed by atoms with Gasteiger partial charge in [0.2, 0.25) is 0 Å². The zero-order valence-electron chi connectivity index (χ0n) is 13.5. The topological polar surface area (TPSA) is 84.7 Å². The molecule has 0 aromatic carbocycles. The van der Waals surface area contributed by atoms with Crippen LogP contribution in [0.15, 0.2) is 12.3 Å². The van der Waals surface area contributed by atoms with E-state index in [2.05, 4.69) is 5.10 Å². The first-order valence-electron chi connectivity index (χ1n) is 7.31. The second kappa shape index (κ2) is 5.62. The van der Waals surface area contributed by atoms with Crippen LogP contribution in [0.25, 0.3) is 0 Å². The molecule has 1 aliphatic rings. The van der Waals surface area contributed by atoms with Gasteiger partial charge in [0.05, 0.1) is 11.1 Å². The van der Waals surface area contributed by atoms with Gasteiger partial charge in [-0.25, -0.2) is 4.79 Å². The Bertz CT molecular complexity index is 576. The molecular weight excluding hydrogens is 286 g/mol. The molecule has 0 bridgehead atoms. The van der Waals surface area contributed by atoms with Gasteiger partial charge in [-0.05, 0) is 33.3 Å². The van der Waals surface area contributed by atoms with Crippen LogP contribution in [0.4, 0.5) is 4.79 Å². The number of ether oxygens (including phenoxy) is 1. The number of aliphatic carboxylic acids is 1. The molecule has 1 atom stereocenters. The van der Waals surface area contributed by atoms with Gasteiger partial charge >= 0.3 is 12.1 Å². The highest BCUT2D eigenvalue weighted by Crippen LogP contribution is 2.35. The fourth-order valence-corrected chi connectivity index (χ4v) is 2.65. The van der Waals surface area contributed by atoms with E-state index >= 15 is 0 Å². The number of rotatable bonds is 3. The smallest absolute Gasteiger partial charge is 0.410 e. The van der Waals surface area contributed by atoms with Crippen LogP contribution in [0.1, 0.15) is 32.9 Å². The van der Waals surface area contributed by atoms with E-state index < -0.39 is 23.1 Å². The van der Waals surface area contributed by atoms with Gasteiger partial charge < -0.3 is 14.7 Å². The fourth-order valence-electron chi connectivity index (χ4n) is 2.65. The van der Waals surface area contributed by atoms with E-state index in [-0.39, 0.29) is 6.54 Å². The first-order valence-corrected chi connectivity index (χ1v) is 7.31. The van der Waals surface area contributed by atoms with Crippen molar-refractivity contribution in [3.8, 4) is 0 Å². The molecule has 22 heavy (non-hydrogen) atoms. The summed E-state index contributed by atoms with van der Waals surface area (Å²) in [5, 5.41) is 13.9. The monoisotopic (exact) mass is 309 g/mol. The third kappa shape index (κ3) is 3.58. The molecule has 0 spiro atoms. The Hall–Kier alpha value is -2.05. The predicted molar refractivity (Wildman–Crippen MR) is 79.4 cm³/mol. The average molecular weight is 309 g/mol. The number of carboxylic acids is 1. The molecule has 122 valence electrons. The van der Waals surface area contributed by atoms with Crippen LogP contribution in [-0.2, 0) is 23.0 Å². The summed E-state index contributed by atoms with van der Waals surface area (Å²) >= 11 is 0. The molecule has 0 radical (unpaired) electrons. The minimum atomic E-state index is -0.995. The van der Waals surface area contributed by atoms with Crippen molar-refractivity contribution in [2.45, 2.75) is 39.2 Å². The maximum Gasteiger partial charge on any atom is 0.410 e. The van der Waals surface area contributed by atoms with Gasteiger partial charge in [0, 0.05) is 32.8 Å². The van der Waals surface area contributed by atoms with Crippen molar-refractivity contribution in [1.29, 1.82) is 0 Å². The van der Waals surface area contributed by atoms with Crippen LogP contribution in [0.2, 0.25) is 0 Å². The standard InChI is InChI=1S/C15H23N3O4/c1-14(2,3)22-13(21)18-8-6-15(10-18,12(19)20)9-11-5-7-17(4)16-11/h5,7H,6,8-10H2,1-4H3,(H,19,20). The lowest BCUT2D eigenvalue weighted by molar-refractivity contribution is -0.148. The molecule has 1 unspecified atom stereocenters. The lowest BCUT2D eigenvalue weighted by Gasteiger charge is -2.26. The van der Waals surface area contributed by atoms with Gasteiger partial charge in [-0.15, -0.1) is 0 Å². The van der Waals surface area contributed by atoms with Crippen LogP contribution in [0.3, 0.4) is 0 Å². The average Bonchev–Trinajstić information content (AvgIpc) is 2.95. The Kier molecular flexibility index (Phi) is 4.17. The number of amides is 1. The van der Waals surface area contributed by atoms with E-state index in [1.165, 1.54) is 4.90 Å². The van der Waals surface area contributed by atoms with Crippen LogP contribution in [0, 0.1) is 5.41 Å². The summed E-state index contributed by atoms with van der Waals surface area (Å²) < 4.78 is 6.97. The lowest BCUT2D eigenvalue weighted by atomic mass is 9.82. The van der Waals surface area contributed by atoms with E-state index in [0.717, 1.165) is 5.69 Å². The number of carbonyl (C=O) groups is 2. The van der Waals surface area contributed by atoms with Crippen LogP contribution in [-0.4, -0.2) is 50.5 Å². The van der Waals surface area contributed by atoms with E-state index in [1.807, 2.05) is 0 Å². The second-order valence-electron chi connectivity index (χ2n) is 6.89. The molecule has 1 fully saturated rings. The number of carboxylic acid groups (broad SMARTS) is 1. The maximum absolute atomic E-state index is 12.1. The summed E-state index contributed by atoms with van der Waals surface area (Å²) in [5.74, 6) is -0.899. The van der Waals surface area contributed by atoms with Gasteiger partial charge in [0.25, 0.3) is 0 Å². The third-order valence-electron chi connectivity index (χ3n) is 3.75. The molecule has 0 aliphatic carbocycles. The van der Waals surface area contributed by atoms with E-state index in [9.17, 15) is 14.7 Å². The first-order chi connectivity index (χ1) is 10.1. The highest BCUT2D eigenvalue weighted by molar-refractivity contribution is 5.78. The second-order valence-corrected chi connectivity index (χ2v) is 6.89. The Balaban J connectivity index is 2.11. The normalized spacial score (nSPS) is 21.9. The van der Waals surface area contributed by atoms with Gasteiger partial charge in [0.15, 0.2) is 0 Å². The van der Waals surface area contributed by atoms with Crippen molar-refractivity contribution in [3.63, 3.8) is 0 Å². The highest BCUT2D eigenvalue weighted by Gasteiger charge is 2.47. The lowest BCUT2D eigenvalue weighted by Crippen LogP contribution is -2.40. The van der Waals surface area contributed by atoms with Crippen molar-refractivity contribution >= 4 is 12.1 Å². The minimum absolute atomic E-state index is 0.147. The molecule has 2 rings (SSSR count). The number of aromatic nitrogens is 2. The first kappa shape index (κ1) is 16.3. The quantitative estimate of drug-likeness (QED) is 0.918. The molecule has 1 N–H and O–H groups in total. The van der Waals surface area contributed by atoms with Gasteiger partial charge in [-0.2, -0.15) is 5.10 Å². The summed E-state index contributed by atoms with van der Waals surface area (Å²) in [6, 6.07) is 1.81. The molecule has 2 heterocycles. The zero-order valence-corrected chi connectivity index (χ0v) is 13.5. The van der Waals surface area contributed by atoms with Crippen LogP contribution in [0.5, 0.6) is 0 Å². The number of aryl methyl sites for hydroxylation is 1. The zero-order chi connectivity index (χ0) is 16.5. The summed E-state index contributed by atoms with van der Waals surface area (Å²) in [5.41, 5.74) is -0.867. The molecule has 1 aromatic rings. The third-order valence-corrected chi connectivity index (χ3v) is 3.75. The summed E-state index contributed by atoms with van der Waals surface area (Å²) in [4.78, 5) is 25.4. The Morgan fingerprint density at radius 1 is 1.45 bits per heavy atom. The highest BCUT2D eigenvalue weighted by atomic mass is 16.6. The van der Waals surface area contributed by atoms with Crippen molar-refractivity contribution in [1.82, 2.24) is 14.7 Å². The van der Waals surface area contributed by atoms with Crippen LogP contribution >= 0.6 is 0 Å². The van der Waals surface area contributed by atoms with Crippen molar-refractivity contribution < 1.29 is 19.4 Å². The number of hydrogen-bond donors (Lipinski definition) is 1. The molecule has 7 heteroatoms. The van der Waals surface area contributed by atoms with E-state index in [4.69, 9.17) is 4.74 Å². The number of carbonyl (C=O) groups excluding carboxylic acids is 1. The molecule has 0 saturated carbocycles. The Morgan fingerprint density at radius 2 is 2.14 bits per heavy atom. The molecule has 1 amide bonds. The minimum Gasteiger partial charge on any atom is -0.481 e. The van der Waals surface area contributed by atoms with Crippen molar-refractivity contribution in [2.75, 3.05) is 13.1 Å². The van der Waals surface area contributed by atoms with Gasteiger partial charge in [-0.1, -0.05) is 0 Å². The molecule has 7 nitrogen and oxygen atoms in total. The molecule has 1 aliphatic heterocycles. The number of likely N-dealkylation sites (tertiary alicyclic amines) is 1. The Morgan fingerprint density at radius 3 is 2.64 bits per heavy atom. The summed E-state index contributed by atoms with van der Waals surface area (Å²) in [6.45, 7) is 5.90. The SMILES string of the molecule is Cn1ccc(CC2(C(=O)O)CCN(C(=O)OC(C)(C)C)C2)n1. The summed E-state index contributed by atoms with van der Waals surface area (Å²) in [7, 11) is 1.79. The Labute approximate surface area is 129 Å². The van der Waals surface area contributed by atoms with Crippen molar-refractivity contribution in [3.05, 3.63) is 18.0 Å². The van der Waals surface area contributed by atoms with Gasteiger partial charge in [-0.3, -0.25) is 9.48 Å². The largest absolute Gasteiger partial charge is 0.481 e. The maximum atomic E-state index is 12.1. The van der Waals surface area contributed by atoms with Gasteiger partial charge in [0.1, 0.15) is 5.60 Å². The molecule has 1 aromatic heterocycles. The van der Waals surface area contributed by atoms with Crippen LogP contribution < -0.4 is 0 Å². The molecule has 1 saturated heterocycles. The number of hydrogen-bond acceptors (Lipinski definition) is 4. The summed E-state index contributed by atoms with van der Waals surface area (Å²) in [6.07, 6.45) is 2.03. The number of nitrogens with zero attached hydrogens (tertiary/aromatic N) is 3.